The summed E-state index contributed by atoms with van der Waals surface area (Å²) >= 11 is 0. The third kappa shape index (κ3) is 4.34. The zero-order valence-electron chi connectivity index (χ0n) is 11.3. The first-order valence-corrected chi connectivity index (χ1v) is 6.41. The van der Waals surface area contributed by atoms with Gasteiger partial charge >= 0.3 is 0 Å². The molecule has 0 atom stereocenters. The van der Waals surface area contributed by atoms with Crippen LogP contribution in [-0.4, -0.2) is 22.5 Å². The molecule has 1 aromatic heterocycles. The number of phenolic OH excluding ortho intramolecular Hbond substituents is 1. The maximum absolute atomic E-state index is 11.9. The van der Waals surface area contributed by atoms with Crippen LogP contribution in [0.5, 0.6) is 5.75 Å². The second kappa shape index (κ2) is 7.08. The number of phenols is 1. The van der Waals surface area contributed by atoms with Gasteiger partial charge in [-0.2, -0.15) is 0 Å². The Labute approximate surface area is 122 Å². The molecule has 0 aliphatic rings. The molecule has 0 saturated heterocycles. The van der Waals surface area contributed by atoms with E-state index >= 15 is 0 Å². The average Bonchev–Trinajstić information content (AvgIpc) is 2.48. The third-order valence-corrected chi connectivity index (χ3v) is 2.70. The van der Waals surface area contributed by atoms with Crippen LogP contribution in [-0.2, 0) is 11.2 Å². The monoisotopic (exact) mass is 281 g/mol. The fourth-order valence-electron chi connectivity index (χ4n) is 1.75. The van der Waals surface area contributed by atoms with E-state index in [9.17, 15) is 9.90 Å². The molecule has 106 valence electrons. The lowest BCUT2D eigenvalue weighted by Crippen LogP contribution is -2.15. The molecule has 1 amide bonds. The van der Waals surface area contributed by atoms with Crippen molar-refractivity contribution in [2.45, 2.75) is 6.42 Å². The van der Waals surface area contributed by atoms with Gasteiger partial charge in [0, 0.05) is 17.3 Å². The lowest BCUT2D eigenvalue weighted by Gasteiger charge is -2.06. The maximum atomic E-state index is 11.9. The molecule has 0 fully saturated rings. The lowest BCUT2D eigenvalue weighted by atomic mass is 10.1. The number of nitrogens with one attached hydrogen (secondary N) is 1. The van der Waals surface area contributed by atoms with Gasteiger partial charge in [-0.25, -0.2) is 4.98 Å². The fraction of sp³-hybridized carbons (Fsp3) is 0.125. The zero-order chi connectivity index (χ0) is 15.1. The van der Waals surface area contributed by atoms with Crippen molar-refractivity contribution in [1.29, 1.82) is 0 Å². The van der Waals surface area contributed by atoms with Gasteiger partial charge in [0.1, 0.15) is 11.6 Å². The minimum absolute atomic E-state index is 0.0764. The summed E-state index contributed by atoms with van der Waals surface area (Å²) in [5.74, 6) is 5.87. The number of pyridine rings is 1. The van der Waals surface area contributed by atoms with Gasteiger partial charge in [-0.1, -0.05) is 30.0 Å². The average molecular weight is 281 g/mol. The van der Waals surface area contributed by atoms with E-state index in [-0.39, 0.29) is 24.6 Å². The molecule has 21 heavy (non-hydrogen) atoms. The molecule has 0 aliphatic carbocycles. The number of aromatic hydroxyl groups is 1. The molecule has 2 aromatic rings. The van der Waals surface area contributed by atoms with Gasteiger partial charge in [-0.3, -0.25) is 4.79 Å². The van der Waals surface area contributed by atoms with Crippen LogP contribution in [0.3, 0.4) is 0 Å². The van der Waals surface area contributed by atoms with E-state index in [1.807, 2.05) is 0 Å². The summed E-state index contributed by atoms with van der Waals surface area (Å²) in [7, 11) is 0. The van der Waals surface area contributed by atoms with Gasteiger partial charge < -0.3 is 16.2 Å². The van der Waals surface area contributed by atoms with Gasteiger partial charge in [-0.05, 0) is 18.2 Å². The van der Waals surface area contributed by atoms with Gasteiger partial charge in [0.2, 0.25) is 5.91 Å². The predicted molar refractivity (Wildman–Crippen MR) is 80.6 cm³/mol. The van der Waals surface area contributed by atoms with E-state index in [2.05, 4.69) is 22.1 Å². The molecule has 0 bridgehead atoms. The van der Waals surface area contributed by atoms with Gasteiger partial charge in [0.15, 0.2) is 0 Å². The standard InChI is InChI=1S/C16H15N3O2/c17-8-3-4-12-7-9-18-15(10-12)19-16(21)11-13-5-1-2-6-14(13)20/h1-2,5-7,9-10,20H,8,11,17H2,(H,18,19,21). The summed E-state index contributed by atoms with van der Waals surface area (Å²) in [4.78, 5) is 16.0. The molecule has 4 N–H and O–H groups in total. The van der Waals surface area contributed by atoms with Crippen molar-refractivity contribution in [3.63, 3.8) is 0 Å². The van der Waals surface area contributed by atoms with Crippen molar-refractivity contribution in [2.75, 3.05) is 11.9 Å². The number of nitrogens with two attached hydrogens (primary N) is 1. The number of anilines is 1. The molecule has 2 rings (SSSR count). The van der Waals surface area contributed by atoms with Crippen LogP contribution in [0.25, 0.3) is 0 Å². The highest BCUT2D eigenvalue weighted by atomic mass is 16.3. The van der Waals surface area contributed by atoms with E-state index in [1.54, 1.807) is 42.6 Å². The Morgan fingerprint density at radius 3 is 2.90 bits per heavy atom. The summed E-state index contributed by atoms with van der Waals surface area (Å²) in [5, 5.41) is 12.3. The number of nitrogens with zero attached hydrogens (tertiary/aromatic N) is 1. The van der Waals surface area contributed by atoms with E-state index in [4.69, 9.17) is 5.73 Å². The molecule has 0 saturated carbocycles. The lowest BCUT2D eigenvalue weighted by molar-refractivity contribution is -0.115. The van der Waals surface area contributed by atoms with Crippen molar-refractivity contribution in [2.24, 2.45) is 5.73 Å². The first kappa shape index (κ1) is 14.6. The molecule has 1 heterocycles. The quantitative estimate of drug-likeness (QED) is 0.739. The molecular weight excluding hydrogens is 266 g/mol. The van der Waals surface area contributed by atoms with Crippen LogP contribution >= 0.6 is 0 Å². The number of amides is 1. The van der Waals surface area contributed by atoms with E-state index in [1.165, 1.54) is 0 Å². The largest absolute Gasteiger partial charge is 0.508 e. The number of carbonyl (C=O) groups excluding carboxylic acids is 1. The maximum Gasteiger partial charge on any atom is 0.230 e. The molecule has 0 aliphatic heterocycles. The van der Waals surface area contributed by atoms with Crippen molar-refractivity contribution in [1.82, 2.24) is 4.98 Å². The number of para-hydroxylation sites is 1. The number of benzene rings is 1. The molecule has 5 heteroatoms. The minimum atomic E-state index is -0.257. The molecule has 0 spiro atoms. The zero-order valence-corrected chi connectivity index (χ0v) is 11.3. The number of hydrogen-bond donors (Lipinski definition) is 3. The number of rotatable bonds is 3. The smallest absolute Gasteiger partial charge is 0.230 e. The second-order valence-corrected chi connectivity index (χ2v) is 4.29. The van der Waals surface area contributed by atoms with E-state index < -0.39 is 0 Å². The Morgan fingerprint density at radius 2 is 2.14 bits per heavy atom. The SMILES string of the molecule is NCC#Cc1ccnc(NC(=O)Cc2ccccc2O)c1. The Balaban J connectivity index is 2.04. The molecular formula is C16H15N3O2. The topological polar surface area (TPSA) is 88.2 Å². The number of aromatic nitrogens is 1. The van der Waals surface area contributed by atoms with Crippen molar-refractivity contribution < 1.29 is 9.90 Å². The summed E-state index contributed by atoms with van der Waals surface area (Å²) in [5.41, 5.74) is 6.61. The molecule has 0 unspecified atom stereocenters. The highest BCUT2D eigenvalue weighted by Crippen LogP contribution is 2.16. The molecule has 0 radical (unpaired) electrons. The van der Waals surface area contributed by atoms with E-state index in [0.29, 0.717) is 11.4 Å². The molecule has 5 nitrogen and oxygen atoms in total. The van der Waals surface area contributed by atoms with Crippen LogP contribution in [0.2, 0.25) is 0 Å². The van der Waals surface area contributed by atoms with Crippen molar-refractivity contribution in [3.8, 4) is 17.6 Å². The van der Waals surface area contributed by atoms with Crippen LogP contribution in [0.1, 0.15) is 11.1 Å². The normalized spacial score (nSPS) is 9.57. The fourth-order valence-corrected chi connectivity index (χ4v) is 1.75. The Kier molecular flexibility index (Phi) is 4.91. The first-order valence-electron chi connectivity index (χ1n) is 6.41. The van der Waals surface area contributed by atoms with Crippen LogP contribution in [0.15, 0.2) is 42.6 Å². The first-order chi connectivity index (χ1) is 10.2. The number of carbonyl (C=O) groups is 1. The third-order valence-electron chi connectivity index (χ3n) is 2.70. The van der Waals surface area contributed by atoms with Crippen molar-refractivity contribution in [3.05, 3.63) is 53.7 Å². The van der Waals surface area contributed by atoms with Crippen LogP contribution in [0.4, 0.5) is 5.82 Å². The van der Waals surface area contributed by atoms with Gasteiger partial charge in [-0.15, -0.1) is 0 Å². The summed E-state index contributed by atoms with van der Waals surface area (Å²) in [6, 6.07) is 10.1. The second-order valence-electron chi connectivity index (χ2n) is 4.29. The number of hydrogen-bond acceptors (Lipinski definition) is 4. The summed E-state index contributed by atoms with van der Waals surface area (Å²) < 4.78 is 0. The van der Waals surface area contributed by atoms with Crippen molar-refractivity contribution >= 4 is 11.7 Å². The highest BCUT2D eigenvalue weighted by Gasteiger charge is 2.08. The van der Waals surface area contributed by atoms with Gasteiger partial charge in [0.25, 0.3) is 0 Å². The van der Waals surface area contributed by atoms with Crippen LogP contribution in [0, 0.1) is 11.8 Å². The molecule has 1 aromatic carbocycles. The van der Waals surface area contributed by atoms with Gasteiger partial charge in [0.05, 0.1) is 13.0 Å². The minimum Gasteiger partial charge on any atom is -0.508 e. The van der Waals surface area contributed by atoms with Crippen LogP contribution < -0.4 is 11.1 Å². The Hall–Kier alpha value is -2.84. The highest BCUT2D eigenvalue weighted by molar-refractivity contribution is 5.91. The van der Waals surface area contributed by atoms with E-state index in [0.717, 1.165) is 5.56 Å². The summed E-state index contributed by atoms with van der Waals surface area (Å²) in [6.45, 7) is 0.275. The predicted octanol–water partition coefficient (Wildman–Crippen LogP) is 1.28. The summed E-state index contributed by atoms with van der Waals surface area (Å²) in [6.07, 6.45) is 1.64. The Bertz CT molecular complexity index is 702. The Morgan fingerprint density at radius 1 is 1.33 bits per heavy atom.